The number of aromatic nitrogens is 1. The van der Waals surface area contributed by atoms with Crippen LogP contribution in [0.5, 0.6) is 0 Å². The topological polar surface area (TPSA) is 34.2 Å². The van der Waals surface area contributed by atoms with E-state index in [0.29, 0.717) is 0 Å². The van der Waals surface area contributed by atoms with Crippen LogP contribution in [0.25, 0.3) is 0 Å². The molecule has 0 saturated carbocycles. The van der Waals surface area contributed by atoms with E-state index in [-0.39, 0.29) is 5.60 Å². The van der Waals surface area contributed by atoms with Gasteiger partial charge in [-0.3, -0.25) is 0 Å². The Kier molecular flexibility index (Phi) is 3.38. The van der Waals surface area contributed by atoms with E-state index >= 15 is 0 Å². The van der Waals surface area contributed by atoms with E-state index in [1.54, 1.807) is 11.3 Å². The van der Waals surface area contributed by atoms with Gasteiger partial charge in [0.1, 0.15) is 0 Å². The van der Waals surface area contributed by atoms with E-state index in [1.807, 2.05) is 13.1 Å². The lowest BCUT2D eigenvalue weighted by atomic mass is 10.0. The third-order valence-corrected chi connectivity index (χ3v) is 3.68. The smallest absolute Gasteiger partial charge is 0.0897 e. The van der Waals surface area contributed by atoms with Crippen LogP contribution in [0.1, 0.15) is 29.7 Å². The van der Waals surface area contributed by atoms with Crippen molar-refractivity contribution in [3.05, 3.63) is 16.1 Å². The van der Waals surface area contributed by atoms with Crippen LogP contribution in [0, 0.1) is 6.92 Å². The minimum atomic E-state index is 0.0553. The van der Waals surface area contributed by atoms with Gasteiger partial charge in [-0.05, 0) is 26.7 Å². The highest BCUT2D eigenvalue weighted by atomic mass is 32.1. The van der Waals surface area contributed by atoms with Crippen molar-refractivity contribution in [1.29, 1.82) is 0 Å². The lowest BCUT2D eigenvalue weighted by Crippen LogP contribution is -2.36. The molecule has 3 nitrogen and oxygen atoms in total. The van der Waals surface area contributed by atoms with Gasteiger partial charge in [-0.1, -0.05) is 0 Å². The first kappa shape index (κ1) is 11.0. The van der Waals surface area contributed by atoms with Gasteiger partial charge in [0, 0.05) is 30.8 Å². The Bertz CT molecular complexity index is 318. The SMILES string of the molecule is Cc1ncc(CNCC2(C)CCCO2)s1. The molecule has 15 heavy (non-hydrogen) atoms. The predicted molar refractivity (Wildman–Crippen MR) is 62.1 cm³/mol. The molecule has 2 rings (SSSR count). The van der Waals surface area contributed by atoms with Crippen LogP contribution < -0.4 is 5.32 Å². The van der Waals surface area contributed by atoms with E-state index in [4.69, 9.17) is 4.74 Å². The fraction of sp³-hybridized carbons (Fsp3) is 0.727. The van der Waals surface area contributed by atoms with Gasteiger partial charge < -0.3 is 10.1 Å². The van der Waals surface area contributed by atoms with Crippen molar-refractivity contribution >= 4 is 11.3 Å². The Morgan fingerprint density at radius 1 is 1.67 bits per heavy atom. The summed E-state index contributed by atoms with van der Waals surface area (Å²) in [5.41, 5.74) is 0.0553. The highest BCUT2D eigenvalue weighted by Crippen LogP contribution is 2.24. The summed E-state index contributed by atoms with van der Waals surface area (Å²) < 4.78 is 5.71. The van der Waals surface area contributed by atoms with Crippen LogP contribution in [0.4, 0.5) is 0 Å². The quantitative estimate of drug-likeness (QED) is 0.854. The normalized spacial score (nSPS) is 26.0. The zero-order valence-electron chi connectivity index (χ0n) is 9.38. The minimum Gasteiger partial charge on any atom is -0.374 e. The Morgan fingerprint density at radius 3 is 3.13 bits per heavy atom. The van der Waals surface area contributed by atoms with Crippen molar-refractivity contribution in [3.8, 4) is 0 Å². The predicted octanol–water partition coefficient (Wildman–Crippen LogP) is 2.11. The first-order valence-corrected chi connectivity index (χ1v) is 6.26. The van der Waals surface area contributed by atoms with Gasteiger partial charge in [0.25, 0.3) is 0 Å². The molecule has 1 saturated heterocycles. The second kappa shape index (κ2) is 4.60. The van der Waals surface area contributed by atoms with Crippen LogP contribution in [0.15, 0.2) is 6.20 Å². The molecule has 0 bridgehead atoms. The van der Waals surface area contributed by atoms with Gasteiger partial charge in [-0.2, -0.15) is 0 Å². The number of hydrogen-bond acceptors (Lipinski definition) is 4. The standard InChI is InChI=1S/C11H18N2OS/c1-9-13-7-10(15-9)6-12-8-11(2)4-3-5-14-11/h7,12H,3-6,8H2,1-2H3. The van der Waals surface area contributed by atoms with Crippen LogP contribution in [-0.2, 0) is 11.3 Å². The number of rotatable bonds is 4. The monoisotopic (exact) mass is 226 g/mol. The molecule has 1 atom stereocenters. The van der Waals surface area contributed by atoms with Crippen molar-refractivity contribution < 1.29 is 4.74 Å². The molecule has 0 aromatic carbocycles. The highest BCUT2D eigenvalue weighted by molar-refractivity contribution is 7.11. The molecule has 1 aromatic heterocycles. The molecule has 1 aromatic rings. The van der Waals surface area contributed by atoms with Gasteiger partial charge >= 0.3 is 0 Å². The summed E-state index contributed by atoms with van der Waals surface area (Å²) in [5.74, 6) is 0. The lowest BCUT2D eigenvalue weighted by molar-refractivity contribution is 0.0207. The summed E-state index contributed by atoms with van der Waals surface area (Å²) >= 11 is 1.75. The van der Waals surface area contributed by atoms with Crippen LogP contribution in [0.3, 0.4) is 0 Å². The maximum absolute atomic E-state index is 5.71. The average molecular weight is 226 g/mol. The number of ether oxygens (including phenoxy) is 1. The third kappa shape index (κ3) is 3.00. The van der Waals surface area contributed by atoms with Gasteiger partial charge in [0.15, 0.2) is 0 Å². The molecule has 0 spiro atoms. The van der Waals surface area contributed by atoms with E-state index < -0.39 is 0 Å². The van der Waals surface area contributed by atoms with Crippen molar-refractivity contribution in [2.45, 2.75) is 38.8 Å². The van der Waals surface area contributed by atoms with Crippen LogP contribution in [0.2, 0.25) is 0 Å². The largest absolute Gasteiger partial charge is 0.374 e. The maximum Gasteiger partial charge on any atom is 0.0897 e. The zero-order valence-corrected chi connectivity index (χ0v) is 10.2. The van der Waals surface area contributed by atoms with Crippen molar-refractivity contribution in [3.63, 3.8) is 0 Å². The molecule has 1 unspecified atom stereocenters. The van der Waals surface area contributed by atoms with Gasteiger partial charge in [-0.25, -0.2) is 4.98 Å². The molecule has 84 valence electrons. The Labute approximate surface area is 94.9 Å². The first-order valence-electron chi connectivity index (χ1n) is 5.44. The van der Waals surface area contributed by atoms with Crippen LogP contribution in [-0.4, -0.2) is 23.7 Å². The van der Waals surface area contributed by atoms with E-state index in [1.165, 1.54) is 17.7 Å². The minimum absolute atomic E-state index is 0.0553. The zero-order chi connectivity index (χ0) is 10.7. The summed E-state index contributed by atoms with van der Waals surface area (Å²) in [6, 6.07) is 0. The third-order valence-electron chi connectivity index (χ3n) is 2.77. The summed E-state index contributed by atoms with van der Waals surface area (Å²) in [6.45, 7) is 6.98. The number of thiazole rings is 1. The molecule has 0 aliphatic carbocycles. The Hall–Kier alpha value is -0.450. The van der Waals surface area contributed by atoms with E-state index in [0.717, 1.165) is 24.7 Å². The summed E-state index contributed by atoms with van der Waals surface area (Å²) in [7, 11) is 0. The molecule has 0 amide bonds. The fourth-order valence-electron chi connectivity index (χ4n) is 1.91. The summed E-state index contributed by atoms with van der Waals surface area (Å²) in [4.78, 5) is 5.53. The molecular formula is C11H18N2OS. The molecular weight excluding hydrogens is 208 g/mol. The molecule has 4 heteroatoms. The number of hydrogen-bond donors (Lipinski definition) is 1. The molecule has 1 aliphatic rings. The van der Waals surface area contributed by atoms with Crippen molar-refractivity contribution in [2.24, 2.45) is 0 Å². The van der Waals surface area contributed by atoms with Gasteiger partial charge in [-0.15, -0.1) is 11.3 Å². The number of nitrogens with one attached hydrogen (secondary N) is 1. The van der Waals surface area contributed by atoms with Gasteiger partial charge in [0.2, 0.25) is 0 Å². The molecule has 1 aliphatic heterocycles. The molecule has 1 fully saturated rings. The Morgan fingerprint density at radius 2 is 2.53 bits per heavy atom. The average Bonchev–Trinajstić information content (AvgIpc) is 2.76. The van der Waals surface area contributed by atoms with Crippen molar-refractivity contribution in [1.82, 2.24) is 10.3 Å². The Balaban J connectivity index is 1.75. The molecule has 2 heterocycles. The number of nitrogens with zero attached hydrogens (tertiary/aromatic N) is 1. The molecule has 1 N–H and O–H groups in total. The summed E-state index contributed by atoms with van der Waals surface area (Å²) in [6.07, 6.45) is 4.31. The van der Waals surface area contributed by atoms with Crippen molar-refractivity contribution in [2.75, 3.05) is 13.2 Å². The molecule has 0 radical (unpaired) electrons. The van der Waals surface area contributed by atoms with Crippen LogP contribution >= 0.6 is 11.3 Å². The fourth-order valence-corrected chi connectivity index (χ4v) is 2.68. The first-order chi connectivity index (χ1) is 7.18. The maximum atomic E-state index is 5.71. The second-order valence-electron chi connectivity index (χ2n) is 4.35. The highest BCUT2D eigenvalue weighted by Gasteiger charge is 2.28. The number of aryl methyl sites for hydroxylation is 1. The lowest BCUT2D eigenvalue weighted by Gasteiger charge is -2.23. The second-order valence-corrected chi connectivity index (χ2v) is 5.67. The van der Waals surface area contributed by atoms with Gasteiger partial charge in [0.05, 0.1) is 10.6 Å². The van der Waals surface area contributed by atoms with E-state index in [9.17, 15) is 0 Å². The summed E-state index contributed by atoms with van der Waals surface area (Å²) in [5, 5.41) is 4.58. The van der Waals surface area contributed by atoms with E-state index in [2.05, 4.69) is 17.2 Å².